The lowest BCUT2D eigenvalue weighted by Gasteiger charge is -2.11. The van der Waals surface area contributed by atoms with E-state index in [0.29, 0.717) is 0 Å². The van der Waals surface area contributed by atoms with Gasteiger partial charge in [0.1, 0.15) is 10.8 Å². The lowest BCUT2D eigenvalue weighted by Crippen LogP contribution is -2.07. The van der Waals surface area contributed by atoms with Crippen molar-refractivity contribution in [3.63, 3.8) is 0 Å². The van der Waals surface area contributed by atoms with Crippen molar-refractivity contribution in [2.45, 2.75) is 19.9 Å². The van der Waals surface area contributed by atoms with Crippen LogP contribution in [0.5, 0.6) is 0 Å². The fourth-order valence-corrected chi connectivity index (χ4v) is 2.11. The highest BCUT2D eigenvalue weighted by Gasteiger charge is 2.08. The number of aromatic nitrogens is 2. The molecule has 1 atom stereocenters. The van der Waals surface area contributed by atoms with E-state index in [4.69, 9.17) is 0 Å². The molecule has 0 fully saturated rings. The molecule has 0 spiro atoms. The number of hydrogen-bond donors (Lipinski definition) is 1. The van der Waals surface area contributed by atoms with Crippen LogP contribution < -0.4 is 5.32 Å². The minimum atomic E-state index is 0.207. The van der Waals surface area contributed by atoms with Gasteiger partial charge in [0.15, 0.2) is 0 Å². The van der Waals surface area contributed by atoms with Crippen molar-refractivity contribution in [3.8, 4) is 0 Å². The van der Waals surface area contributed by atoms with Crippen molar-refractivity contribution >= 4 is 17.2 Å². The molecule has 2 aromatic heterocycles. The quantitative estimate of drug-likeness (QED) is 0.862. The third-order valence-corrected chi connectivity index (χ3v) is 3.18. The fraction of sp³-hybridized carbons (Fsp3) is 0.273. The maximum absolute atomic E-state index is 4.44. The molecule has 4 heteroatoms. The van der Waals surface area contributed by atoms with E-state index in [-0.39, 0.29) is 6.04 Å². The van der Waals surface area contributed by atoms with E-state index in [1.807, 2.05) is 25.1 Å². The van der Waals surface area contributed by atoms with Gasteiger partial charge in [0, 0.05) is 17.3 Å². The number of hydrogen-bond acceptors (Lipinski definition) is 4. The number of aryl methyl sites for hydroxylation is 1. The van der Waals surface area contributed by atoms with Gasteiger partial charge in [-0.25, -0.2) is 9.97 Å². The summed E-state index contributed by atoms with van der Waals surface area (Å²) in [6.45, 7) is 4.10. The highest BCUT2D eigenvalue weighted by Crippen LogP contribution is 2.20. The van der Waals surface area contributed by atoms with Crippen molar-refractivity contribution in [2.24, 2.45) is 0 Å². The Morgan fingerprint density at radius 3 is 2.87 bits per heavy atom. The van der Waals surface area contributed by atoms with Crippen LogP contribution in [0.25, 0.3) is 0 Å². The van der Waals surface area contributed by atoms with Crippen molar-refractivity contribution < 1.29 is 0 Å². The molecular formula is C11H13N3S. The molecule has 15 heavy (non-hydrogen) atoms. The summed E-state index contributed by atoms with van der Waals surface area (Å²) in [6, 6.07) is 6.04. The van der Waals surface area contributed by atoms with E-state index < -0.39 is 0 Å². The zero-order valence-electron chi connectivity index (χ0n) is 8.77. The maximum Gasteiger partial charge on any atom is 0.126 e. The van der Waals surface area contributed by atoms with Gasteiger partial charge in [-0.15, -0.1) is 11.3 Å². The second-order valence-corrected chi connectivity index (χ2v) is 4.30. The van der Waals surface area contributed by atoms with Crippen molar-refractivity contribution in [1.29, 1.82) is 0 Å². The van der Waals surface area contributed by atoms with E-state index in [2.05, 4.69) is 27.6 Å². The lowest BCUT2D eigenvalue weighted by molar-refractivity contribution is 0.855. The molecule has 0 aliphatic rings. The molecule has 2 rings (SSSR count). The zero-order valence-corrected chi connectivity index (χ0v) is 9.58. The van der Waals surface area contributed by atoms with Gasteiger partial charge in [-0.1, -0.05) is 6.07 Å². The Kier molecular flexibility index (Phi) is 2.97. The molecule has 0 bridgehead atoms. The zero-order chi connectivity index (χ0) is 10.7. The van der Waals surface area contributed by atoms with E-state index in [0.717, 1.165) is 16.5 Å². The SMILES string of the molecule is Cc1csc(C(C)Nc2ccccn2)n1. The molecule has 78 valence electrons. The Hall–Kier alpha value is -1.42. The minimum absolute atomic E-state index is 0.207. The van der Waals surface area contributed by atoms with Crippen LogP contribution in [0.3, 0.4) is 0 Å². The van der Waals surface area contributed by atoms with Gasteiger partial charge >= 0.3 is 0 Å². The predicted octanol–water partition coefficient (Wildman–Crippen LogP) is 3.02. The summed E-state index contributed by atoms with van der Waals surface area (Å²) in [5, 5.41) is 6.47. The Labute approximate surface area is 93.2 Å². The van der Waals surface area contributed by atoms with Crippen molar-refractivity contribution in [2.75, 3.05) is 5.32 Å². The molecule has 2 aromatic rings. The van der Waals surface area contributed by atoms with Gasteiger partial charge in [-0.3, -0.25) is 0 Å². The van der Waals surface area contributed by atoms with Crippen LogP contribution >= 0.6 is 11.3 Å². The first-order chi connectivity index (χ1) is 7.25. The molecule has 2 heterocycles. The summed E-state index contributed by atoms with van der Waals surface area (Å²) in [7, 11) is 0. The summed E-state index contributed by atoms with van der Waals surface area (Å²) >= 11 is 1.68. The summed E-state index contributed by atoms with van der Waals surface area (Å²) < 4.78 is 0. The minimum Gasteiger partial charge on any atom is -0.361 e. The largest absolute Gasteiger partial charge is 0.361 e. The Morgan fingerprint density at radius 2 is 2.27 bits per heavy atom. The maximum atomic E-state index is 4.44. The van der Waals surface area contributed by atoms with Crippen LogP contribution in [0.15, 0.2) is 29.8 Å². The third-order valence-electron chi connectivity index (χ3n) is 2.04. The highest BCUT2D eigenvalue weighted by atomic mass is 32.1. The molecule has 0 radical (unpaired) electrons. The van der Waals surface area contributed by atoms with E-state index >= 15 is 0 Å². The lowest BCUT2D eigenvalue weighted by atomic mass is 10.3. The van der Waals surface area contributed by atoms with Crippen LogP contribution in [0, 0.1) is 6.92 Å². The Bertz CT molecular complexity index is 424. The first kappa shape index (κ1) is 10.1. The van der Waals surface area contributed by atoms with E-state index in [1.54, 1.807) is 17.5 Å². The number of nitrogens with zero attached hydrogens (tertiary/aromatic N) is 2. The molecule has 0 saturated carbocycles. The van der Waals surface area contributed by atoms with Gasteiger partial charge in [0.25, 0.3) is 0 Å². The summed E-state index contributed by atoms with van der Waals surface area (Å²) in [5.41, 5.74) is 1.07. The van der Waals surface area contributed by atoms with Gasteiger partial charge in [0.2, 0.25) is 0 Å². The predicted molar refractivity (Wildman–Crippen MR) is 63.1 cm³/mol. The molecule has 0 aromatic carbocycles. The van der Waals surface area contributed by atoms with Gasteiger partial charge in [0.05, 0.1) is 6.04 Å². The molecule has 3 nitrogen and oxygen atoms in total. The average molecular weight is 219 g/mol. The highest BCUT2D eigenvalue weighted by molar-refractivity contribution is 7.09. The van der Waals surface area contributed by atoms with Crippen LogP contribution in [-0.4, -0.2) is 9.97 Å². The summed E-state index contributed by atoms with van der Waals surface area (Å²) in [4.78, 5) is 8.65. The molecular weight excluding hydrogens is 206 g/mol. The second kappa shape index (κ2) is 4.40. The van der Waals surface area contributed by atoms with E-state index in [1.165, 1.54) is 0 Å². The average Bonchev–Trinajstić information content (AvgIpc) is 2.66. The Morgan fingerprint density at radius 1 is 1.40 bits per heavy atom. The standard InChI is InChI=1S/C11H13N3S/c1-8-7-15-11(13-8)9(2)14-10-5-3-4-6-12-10/h3-7,9H,1-2H3,(H,12,14). The number of anilines is 1. The summed E-state index contributed by atoms with van der Waals surface area (Å²) in [5.74, 6) is 0.887. The molecule has 0 saturated heterocycles. The van der Waals surface area contributed by atoms with Gasteiger partial charge < -0.3 is 5.32 Å². The monoisotopic (exact) mass is 219 g/mol. The first-order valence-corrected chi connectivity index (χ1v) is 5.73. The van der Waals surface area contributed by atoms with Crippen LogP contribution in [0.4, 0.5) is 5.82 Å². The van der Waals surface area contributed by atoms with Gasteiger partial charge in [-0.05, 0) is 26.0 Å². The molecule has 1 N–H and O–H groups in total. The Balaban J connectivity index is 2.07. The van der Waals surface area contributed by atoms with Crippen molar-refractivity contribution in [3.05, 3.63) is 40.5 Å². The topological polar surface area (TPSA) is 37.8 Å². The van der Waals surface area contributed by atoms with Gasteiger partial charge in [-0.2, -0.15) is 0 Å². The second-order valence-electron chi connectivity index (χ2n) is 3.41. The number of pyridine rings is 1. The molecule has 0 amide bonds. The van der Waals surface area contributed by atoms with Crippen LogP contribution in [0.1, 0.15) is 23.7 Å². The molecule has 0 aliphatic heterocycles. The van der Waals surface area contributed by atoms with Crippen molar-refractivity contribution in [1.82, 2.24) is 9.97 Å². The van der Waals surface area contributed by atoms with Crippen LogP contribution in [-0.2, 0) is 0 Å². The van der Waals surface area contributed by atoms with Crippen LogP contribution in [0.2, 0.25) is 0 Å². The number of nitrogens with one attached hydrogen (secondary N) is 1. The number of thiazole rings is 1. The fourth-order valence-electron chi connectivity index (χ4n) is 1.30. The molecule has 0 aliphatic carbocycles. The van der Waals surface area contributed by atoms with E-state index in [9.17, 15) is 0 Å². The third kappa shape index (κ3) is 2.53. The smallest absolute Gasteiger partial charge is 0.126 e. The first-order valence-electron chi connectivity index (χ1n) is 4.85. The normalized spacial score (nSPS) is 12.4. The molecule has 1 unspecified atom stereocenters. The number of rotatable bonds is 3. The summed E-state index contributed by atoms with van der Waals surface area (Å²) in [6.07, 6.45) is 1.78.